The van der Waals surface area contributed by atoms with Gasteiger partial charge in [0.25, 0.3) is 0 Å². The molecule has 0 saturated carbocycles. The maximum absolute atomic E-state index is 13.6. The minimum atomic E-state index is -3.82. The molecule has 0 aliphatic heterocycles. The summed E-state index contributed by atoms with van der Waals surface area (Å²) in [5.74, 6) is 0.394. The Balaban J connectivity index is 1.84. The highest BCUT2D eigenvalue weighted by atomic mass is 32.2. The van der Waals surface area contributed by atoms with Crippen molar-refractivity contribution in [1.29, 1.82) is 0 Å². The number of hydrogen-bond acceptors (Lipinski definition) is 5. The van der Waals surface area contributed by atoms with E-state index in [9.17, 15) is 18.0 Å². The number of carbonyl (C=O) groups is 2. The van der Waals surface area contributed by atoms with Gasteiger partial charge in [0.15, 0.2) is 0 Å². The second-order valence-electron chi connectivity index (χ2n) is 9.18. The molecule has 3 rings (SSSR count). The van der Waals surface area contributed by atoms with Crippen LogP contribution in [0.25, 0.3) is 0 Å². The van der Waals surface area contributed by atoms with Crippen LogP contribution in [0.2, 0.25) is 0 Å². The molecular weight excluding hydrogens is 502 g/mol. The van der Waals surface area contributed by atoms with E-state index in [4.69, 9.17) is 4.74 Å². The SMILES string of the molecule is CC[C@H](C)NC(=O)[C@@H](C)N(Cc1ccccc1)C(=O)CN(c1ccc(Oc2ccccc2)cc1)S(C)(=O)=O. The monoisotopic (exact) mass is 537 g/mol. The Labute approximate surface area is 225 Å². The number of rotatable bonds is 12. The first-order valence-electron chi connectivity index (χ1n) is 12.5. The fraction of sp³-hybridized carbons (Fsp3) is 0.310. The molecule has 0 spiro atoms. The van der Waals surface area contributed by atoms with Crippen LogP contribution < -0.4 is 14.4 Å². The zero-order valence-electron chi connectivity index (χ0n) is 22.2. The molecule has 0 fully saturated rings. The lowest BCUT2D eigenvalue weighted by Gasteiger charge is -2.32. The Kier molecular flexibility index (Phi) is 9.90. The maximum atomic E-state index is 13.6. The molecule has 3 aromatic rings. The smallest absolute Gasteiger partial charge is 0.244 e. The predicted octanol–water partition coefficient (Wildman–Crippen LogP) is 4.58. The van der Waals surface area contributed by atoms with Crippen molar-refractivity contribution >= 4 is 27.5 Å². The molecule has 1 N–H and O–H groups in total. The van der Waals surface area contributed by atoms with Crippen LogP contribution in [-0.4, -0.2) is 50.0 Å². The zero-order valence-corrected chi connectivity index (χ0v) is 23.0. The van der Waals surface area contributed by atoms with Gasteiger partial charge in [-0.15, -0.1) is 0 Å². The van der Waals surface area contributed by atoms with Crippen molar-refractivity contribution in [3.63, 3.8) is 0 Å². The lowest BCUT2D eigenvalue weighted by atomic mass is 10.1. The molecule has 0 aromatic heterocycles. The summed E-state index contributed by atoms with van der Waals surface area (Å²) in [6.07, 6.45) is 1.80. The lowest BCUT2D eigenvalue weighted by Crippen LogP contribution is -2.52. The van der Waals surface area contributed by atoms with Gasteiger partial charge in [-0.25, -0.2) is 8.42 Å². The lowest BCUT2D eigenvalue weighted by molar-refractivity contribution is -0.139. The summed E-state index contributed by atoms with van der Waals surface area (Å²) in [6, 6.07) is 24.1. The molecule has 3 aromatic carbocycles. The standard InChI is InChI=1S/C29H35N3O5S/c1-5-22(2)30-29(34)23(3)31(20-24-12-8-6-9-13-24)28(33)21-32(38(4,35)36)25-16-18-27(19-17-25)37-26-14-10-7-11-15-26/h6-19,22-23H,5,20-21H2,1-4H3,(H,30,34)/t22-,23+/m0/s1. The van der Waals surface area contributed by atoms with E-state index >= 15 is 0 Å². The third-order valence-electron chi connectivity index (χ3n) is 6.15. The quantitative estimate of drug-likeness (QED) is 0.365. The number of benzene rings is 3. The molecule has 202 valence electrons. The number of para-hydroxylation sites is 1. The first kappa shape index (κ1) is 28.7. The van der Waals surface area contributed by atoms with Gasteiger partial charge >= 0.3 is 0 Å². The molecule has 0 heterocycles. The van der Waals surface area contributed by atoms with Gasteiger partial charge in [0.2, 0.25) is 21.8 Å². The van der Waals surface area contributed by atoms with E-state index in [-0.39, 0.29) is 18.5 Å². The van der Waals surface area contributed by atoms with Crippen molar-refractivity contribution in [1.82, 2.24) is 10.2 Å². The fourth-order valence-corrected chi connectivity index (χ4v) is 4.60. The molecule has 9 heteroatoms. The van der Waals surface area contributed by atoms with E-state index in [0.717, 1.165) is 22.5 Å². The van der Waals surface area contributed by atoms with Crippen LogP contribution in [0.5, 0.6) is 11.5 Å². The average Bonchev–Trinajstić information content (AvgIpc) is 2.91. The van der Waals surface area contributed by atoms with Crippen molar-refractivity contribution in [2.45, 2.75) is 45.8 Å². The van der Waals surface area contributed by atoms with Crippen LogP contribution in [-0.2, 0) is 26.2 Å². The minimum absolute atomic E-state index is 0.0530. The molecule has 8 nitrogen and oxygen atoms in total. The number of amides is 2. The van der Waals surface area contributed by atoms with Crippen molar-refractivity contribution in [3.8, 4) is 11.5 Å². The minimum Gasteiger partial charge on any atom is -0.457 e. The van der Waals surface area contributed by atoms with Crippen molar-refractivity contribution < 1.29 is 22.7 Å². The topological polar surface area (TPSA) is 96.0 Å². The van der Waals surface area contributed by atoms with E-state index in [2.05, 4.69) is 5.32 Å². The van der Waals surface area contributed by atoms with Crippen LogP contribution in [0.15, 0.2) is 84.9 Å². The first-order chi connectivity index (χ1) is 18.1. The van der Waals surface area contributed by atoms with Gasteiger partial charge in [0.05, 0.1) is 11.9 Å². The van der Waals surface area contributed by atoms with E-state index in [1.54, 1.807) is 31.2 Å². The second-order valence-corrected chi connectivity index (χ2v) is 11.1. The Hall–Kier alpha value is -3.85. The van der Waals surface area contributed by atoms with Crippen LogP contribution in [0.3, 0.4) is 0 Å². The van der Waals surface area contributed by atoms with Crippen LogP contribution >= 0.6 is 0 Å². The summed E-state index contributed by atoms with van der Waals surface area (Å²) in [7, 11) is -3.82. The van der Waals surface area contributed by atoms with Crippen LogP contribution in [0.4, 0.5) is 5.69 Å². The highest BCUT2D eigenvalue weighted by Crippen LogP contribution is 2.26. The van der Waals surface area contributed by atoms with Crippen molar-refractivity contribution in [2.75, 3.05) is 17.1 Å². The van der Waals surface area contributed by atoms with E-state index in [1.165, 1.54) is 4.90 Å². The Morgan fingerprint density at radius 2 is 1.42 bits per heavy atom. The van der Waals surface area contributed by atoms with Gasteiger partial charge < -0.3 is 15.0 Å². The largest absolute Gasteiger partial charge is 0.457 e. The molecule has 2 amide bonds. The van der Waals surface area contributed by atoms with Gasteiger partial charge in [-0.2, -0.15) is 0 Å². The van der Waals surface area contributed by atoms with Gasteiger partial charge in [-0.3, -0.25) is 13.9 Å². The number of carbonyl (C=O) groups excluding carboxylic acids is 2. The average molecular weight is 538 g/mol. The molecule has 0 unspecified atom stereocenters. The van der Waals surface area contributed by atoms with Crippen LogP contribution in [0, 0.1) is 0 Å². The van der Waals surface area contributed by atoms with E-state index < -0.39 is 28.5 Å². The Morgan fingerprint density at radius 3 is 1.97 bits per heavy atom. The molecule has 0 saturated heterocycles. The number of nitrogens with one attached hydrogen (secondary N) is 1. The number of ether oxygens (including phenoxy) is 1. The van der Waals surface area contributed by atoms with Crippen molar-refractivity contribution in [3.05, 3.63) is 90.5 Å². The molecule has 0 radical (unpaired) electrons. The second kappa shape index (κ2) is 13.1. The van der Waals surface area contributed by atoms with Crippen molar-refractivity contribution in [2.24, 2.45) is 0 Å². The summed E-state index contributed by atoms with van der Waals surface area (Å²) in [5, 5.41) is 2.91. The summed E-state index contributed by atoms with van der Waals surface area (Å²) in [5.41, 5.74) is 1.15. The summed E-state index contributed by atoms with van der Waals surface area (Å²) in [6.45, 7) is 5.22. The van der Waals surface area contributed by atoms with Gasteiger partial charge in [0, 0.05) is 12.6 Å². The Morgan fingerprint density at radius 1 is 0.868 bits per heavy atom. The predicted molar refractivity (Wildman–Crippen MR) is 149 cm³/mol. The fourth-order valence-electron chi connectivity index (χ4n) is 3.75. The van der Waals surface area contributed by atoms with Crippen LogP contribution in [0.1, 0.15) is 32.8 Å². The van der Waals surface area contributed by atoms with E-state index in [1.807, 2.05) is 74.5 Å². The molecule has 38 heavy (non-hydrogen) atoms. The molecule has 0 aliphatic carbocycles. The normalized spacial score (nSPS) is 12.7. The van der Waals surface area contributed by atoms with Gasteiger partial charge in [0.1, 0.15) is 24.1 Å². The molecule has 0 bridgehead atoms. The summed E-state index contributed by atoms with van der Waals surface area (Å²) < 4.78 is 32.3. The zero-order chi connectivity index (χ0) is 27.7. The number of sulfonamides is 1. The third kappa shape index (κ3) is 8.08. The summed E-state index contributed by atoms with van der Waals surface area (Å²) in [4.78, 5) is 28.0. The first-order valence-corrected chi connectivity index (χ1v) is 14.4. The number of nitrogens with zero attached hydrogens (tertiary/aromatic N) is 2. The summed E-state index contributed by atoms with van der Waals surface area (Å²) >= 11 is 0. The highest BCUT2D eigenvalue weighted by molar-refractivity contribution is 7.92. The Bertz CT molecular complexity index is 1300. The maximum Gasteiger partial charge on any atom is 0.244 e. The van der Waals surface area contributed by atoms with Gasteiger partial charge in [-0.1, -0.05) is 55.5 Å². The number of hydrogen-bond donors (Lipinski definition) is 1. The molecule has 2 atom stereocenters. The van der Waals surface area contributed by atoms with E-state index in [0.29, 0.717) is 17.2 Å². The van der Waals surface area contributed by atoms with Gasteiger partial charge in [-0.05, 0) is 62.2 Å². The highest BCUT2D eigenvalue weighted by Gasteiger charge is 2.30. The molecular formula is C29H35N3O5S. The number of anilines is 1. The molecule has 0 aliphatic rings. The third-order valence-corrected chi connectivity index (χ3v) is 7.29.